The topological polar surface area (TPSA) is 92.8 Å². The Kier molecular flexibility index (Phi) is 7.87. The van der Waals surface area contributed by atoms with Crippen LogP contribution in [-0.2, 0) is 19.6 Å². The fraction of sp³-hybridized carbons (Fsp3) is 0.500. The second-order valence-corrected chi connectivity index (χ2v) is 7.02. The molecule has 134 valence electrons. The Morgan fingerprint density at radius 3 is 2.21 bits per heavy atom. The molecule has 0 heterocycles. The van der Waals surface area contributed by atoms with Crippen molar-refractivity contribution in [2.24, 2.45) is 0 Å². The first-order valence-electron chi connectivity index (χ1n) is 7.86. The number of rotatable bonds is 9. The lowest BCUT2D eigenvalue weighted by molar-refractivity contribution is -0.144. The van der Waals surface area contributed by atoms with Crippen LogP contribution in [0.2, 0.25) is 0 Å². The Bertz CT molecular complexity index is 642. The lowest BCUT2D eigenvalue weighted by Crippen LogP contribution is -2.49. The predicted molar refractivity (Wildman–Crippen MR) is 91.0 cm³/mol. The standard InChI is InChI=1S/C16H24N2O5S/c1-4-18(5-2)24(21,22)12-14(16(20)23-6-3)17-15(19)13-10-8-7-9-11-13/h7-11,14H,4-6,12H2,1-3H3,(H,17,19)/t14-/m1/s1. The van der Waals surface area contributed by atoms with Crippen LogP contribution in [0.1, 0.15) is 31.1 Å². The Labute approximate surface area is 143 Å². The summed E-state index contributed by atoms with van der Waals surface area (Å²) in [5.41, 5.74) is 0.340. The molecule has 0 radical (unpaired) electrons. The molecule has 1 N–H and O–H groups in total. The fourth-order valence-corrected chi connectivity index (χ4v) is 3.81. The van der Waals surface area contributed by atoms with Crippen molar-refractivity contribution in [3.8, 4) is 0 Å². The van der Waals surface area contributed by atoms with E-state index in [1.165, 1.54) is 4.31 Å². The summed E-state index contributed by atoms with van der Waals surface area (Å²) in [6.07, 6.45) is 0. The van der Waals surface area contributed by atoms with Gasteiger partial charge in [0.2, 0.25) is 10.0 Å². The Hall–Kier alpha value is -1.93. The van der Waals surface area contributed by atoms with Crippen LogP contribution in [0.25, 0.3) is 0 Å². The minimum atomic E-state index is -3.70. The third-order valence-corrected chi connectivity index (χ3v) is 5.45. The van der Waals surface area contributed by atoms with E-state index < -0.39 is 33.7 Å². The van der Waals surface area contributed by atoms with Crippen molar-refractivity contribution in [3.63, 3.8) is 0 Å². The first-order chi connectivity index (χ1) is 11.4. The summed E-state index contributed by atoms with van der Waals surface area (Å²) in [7, 11) is -3.70. The van der Waals surface area contributed by atoms with Crippen molar-refractivity contribution in [1.29, 1.82) is 0 Å². The maximum Gasteiger partial charge on any atom is 0.329 e. The van der Waals surface area contributed by atoms with E-state index in [4.69, 9.17) is 4.74 Å². The normalized spacial score (nSPS) is 12.7. The summed E-state index contributed by atoms with van der Waals surface area (Å²) >= 11 is 0. The van der Waals surface area contributed by atoms with Crippen molar-refractivity contribution in [2.75, 3.05) is 25.4 Å². The van der Waals surface area contributed by atoms with Crippen LogP contribution in [0, 0.1) is 0 Å². The molecule has 0 fully saturated rings. The van der Waals surface area contributed by atoms with Gasteiger partial charge in [0.25, 0.3) is 5.91 Å². The number of nitrogens with zero attached hydrogens (tertiary/aromatic N) is 1. The molecule has 8 heteroatoms. The van der Waals surface area contributed by atoms with Gasteiger partial charge in [0.1, 0.15) is 6.04 Å². The molecule has 0 unspecified atom stereocenters. The zero-order valence-corrected chi connectivity index (χ0v) is 15.0. The lowest BCUT2D eigenvalue weighted by atomic mass is 10.2. The van der Waals surface area contributed by atoms with E-state index >= 15 is 0 Å². The minimum Gasteiger partial charge on any atom is -0.464 e. The molecule has 1 aromatic rings. The van der Waals surface area contributed by atoms with E-state index in [1.807, 2.05) is 0 Å². The number of esters is 1. The Morgan fingerprint density at radius 1 is 1.12 bits per heavy atom. The first kappa shape index (κ1) is 20.1. The van der Waals surface area contributed by atoms with Crippen LogP contribution < -0.4 is 5.32 Å². The van der Waals surface area contributed by atoms with Crippen LogP contribution in [0.3, 0.4) is 0 Å². The Morgan fingerprint density at radius 2 is 1.71 bits per heavy atom. The summed E-state index contributed by atoms with van der Waals surface area (Å²) in [4.78, 5) is 24.3. The van der Waals surface area contributed by atoms with Gasteiger partial charge in [0, 0.05) is 18.7 Å². The Balaban J connectivity index is 2.96. The van der Waals surface area contributed by atoms with Gasteiger partial charge in [-0.1, -0.05) is 32.0 Å². The number of carbonyl (C=O) groups is 2. The summed E-state index contributed by atoms with van der Waals surface area (Å²) < 4.78 is 30.9. The molecule has 0 saturated carbocycles. The molecular formula is C16H24N2O5S. The molecule has 0 aliphatic carbocycles. The lowest BCUT2D eigenvalue weighted by Gasteiger charge is -2.22. The van der Waals surface area contributed by atoms with E-state index in [9.17, 15) is 18.0 Å². The van der Waals surface area contributed by atoms with Crippen LogP contribution in [0.15, 0.2) is 30.3 Å². The molecule has 1 amide bonds. The van der Waals surface area contributed by atoms with E-state index in [2.05, 4.69) is 5.32 Å². The van der Waals surface area contributed by atoms with Crippen LogP contribution in [-0.4, -0.2) is 56.1 Å². The van der Waals surface area contributed by atoms with Gasteiger partial charge in [-0.2, -0.15) is 0 Å². The molecule has 0 saturated heterocycles. The molecule has 1 atom stereocenters. The average Bonchev–Trinajstić information content (AvgIpc) is 2.55. The molecule has 0 spiro atoms. The van der Waals surface area contributed by atoms with Gasteiger partial charge >= 0.3 is 5.97 Å². The van der Waals surface area contributed by atoms with Crippen LogP contribution in [0.4, 0.5) is 0 Å². The zero-order chi connectivity index (χ0) is 18.2. The highest BCUT2D eigenvalue weighted by Gasteiger charge is 2.31. The second kappa shape index (κ2) is 9.39. The van der Waals surface area contributed by atoms with Gasteiger partial charge in [0.05, 0.1) is 12.4 Å². The molecule has 0 aromatic heterocycles. The quantitative estimate of drug-likeness (QED) is 0.667. The van der Waals surface area contributed by atoms with Gasteiger partial charge in [-0.15, -0.1) is 0 Å². The number of carbonyl (C=O) groups excluding carboxylic acids is 2. The van der Waals surface area contributed by atoms with Gasteiger partial charge in [-0.3, -0.25) is 4.79 Å². The largest absolute Gasteiger partial charge is 0.464 e. The van der Waals surface area contributed by atoms with Crippen molar-refractivity contribution in [3.05, 3.63) is 35.9 Å². The summed E-state index contributed by atoms with van der Waals surface area (Å²) in [6, 6.07) is 7.02. The third kappa shape index (κ3) is 5.61. The fourth-order valence-electron chi connectivity index (χ4n) is 2.18. The van der Waals surface area contributed by atoms with E-state index in [-0.39, 0.29) is 6.61 Å². The first-order valence-corrected chi connectivity index (χ1v) is 9.46. The van der Waals surface area contributed by atoms with Gasteiger partial charge < -0.3 is 10.1 Å². The van der Waals surface area contributed by atoms with Crippen molar-refractivity contribution >= 4 is 21.9 Å². The summed E-state index contributed by atoms with van der Waals surface area (Å²) in [5.74, 6) is -1.83. The van der Waals surface area contributed by atoms with Crippen LogP contribution >= 0.6 is 0 Å². The van der Waals surface area contributed by atoms with Crippen molar-refractivity contribution in [1.82, 2.24) is 9.62 Å². The molecule has 0 bridgehead atoms. The number of sulfonamides is 1. The number of nitrogens with one attached hydrogen (secondary N) is 1. The van der Waals surface area contributed by atoms with Crippen molar-refractivity contribution in [2.45, 2.75) is 26.8 Å². The third-order valence-electron chi connectivity index (χ3n) is 3.39. The smallest absolute Gasteiger partial charge is 0.329 e. The van der Waals surface area contributed by atoms with Crippen molar-refractivity contribution < 1.29 is 22.7 Å². The predicted octanol–water partition coefficient (Wildman–Crippen LogP) is 1.02. The minimum absolute atomic E-state index is 0.0991. The number of amides is 1. The maximum atomic E-state index is 12.4. The highest BCUT2D eigenvalue weighted by atomic mass is 32.2. The highest BCUT2D eigenvalue weighted by molar-refractivity contribution is 7.89. The van der Waals surface area contributed by atoms with Crippen LogP contribution in [0.5, 0.6) is 0 Å². The molecule has 1 rings (SSSR count). The second-order valence-electron chi connectivity index (χ2n) is 5.01. The molecule has 0 aliphatic heterocycles. The summed E-state index contributed by atoms with van der Waals surface area (Å²) in [6.45, 7) is 5.72. The summed E-state index contributed by atoms with van der Waals surface area (Å²) in [5, 5.41) is 2.46. The number of benzene rings is 1. The van der Waals surface area contributed by atoms with Gasteiger partial charge in [-0.25, -0.2) is 17.5 Å². The molecule has 1 aromatic carbocycles. The number of ether oxygens (including phenoxy) is 1. The molecular weight excluding hydrogens is 332 g/mol. The SMILES string of the molecule is CCOC(=O)[C@@H](CS(=O)(=O)N(CC)CC)NC(=O)c1ccccc1. The van der Waals surface area contributed by atoms with Gasteiger partial charge in [0.15, 0.2) is 0 Å². The van der Waals surface area contributed by atoms with E-state index in [0.29, 0.717) is 18.7 Å². The monoisotopic (exact) mass is 356 g/mol. The van der Waals surface area contributed by atoms with E-state index in [1.54, 1.807) is 51.1 Å². The average molecular weight is 356 g/mol. The van der Waals surface area contributed by atoms with E-state index in [0.717, 1.165) is 0 Å². The highest BCUT2D eigenvalue weighted by Crippen LogP contribution is 2.06. The van der Waals surface area contributed by atoms with Gasteiger partial charge in [-0.05, 0) is 19.1 Å². The number of hydrogen-bond acceptors (Lipinski definition) is 5. The molecule has 7 nitrogen and oxygen atoms in total. The zero-order valence-electron chi connectivity index (χ0n) is 14.2. The molecule has 24 heavy (non-hydrogen) atoms. The number of hydrogen-bond donors (Lipinski definition) is 1. The maximum absolute atomic E-state index is 12.4. The molecule has 0 aliphatic rings.